The number of rotatable bonds is 2. The lowest BCUT2D eigenvalue weighted by Crippen LogP contribution is -2.66. The number of nitrogens with one attached hydrogen (secondary N) is 1. The lowest BCUT2D eigenvalue weighted by Gasteiger charge is -2.72. The van der Waals surface area contributed by atoms with Gasteiger partial charge in [0.1, 0.15) is 5.60 Å². The van der Waals surface area contributed by atoms with Crippen LogP contribution in [0.15, 0.2) is 11.1 Å². The molecule has 4 saturated carbocycles. The molecule has 4 fully saturated rings. The summed E-state index contributed by atoms with van der Waals surface area (Å²) in [5.74, 6) is 2.55. The third-order valence-electron chi connectivity index (χ3n) is 13.5. The monoisotopic (exact) mass is 539 g/mol. The van der Waals surface area contributed by atoms with Crippen LogP contribution in [0.25, 0.3) is 0 Å². The fourth-order valence-corrected chi connectivity index (χ4v) is 11.6. The Bertz CT molecular complexity index is 1080. The van der Waals surface area contributed by atoms with Gasteiger partial charge in [0.15, 0.2) is 5.78 Å². The predicted molar refractivity (Wildman–Crippen MR) is 158 cm³/mol. The maximum absolute atomic E-state index is 13.3. The summed E-state index contributed by atoms with van der Waals surface area (Å²) < 4.78 is 5.67. The largest absolute Gasteiger partial charge is 0.444 e. The van der Waals surface area contributed by atoms with E-state index in [1.54, 1.807) is 5.57 Å². The number of fused-ring (bicyclic) bond motifs is 7. The molecule has 220 valence electrons. The van der Waals surface area contributed by atoms with Crippen LogP contribution < -0.4 is 5.32 Å². The zero-order valence-corrected chi connectivity index (χ0v) is 27.0. The first-order valence-corrected chi connectivity index (χ1v) is 16.1. The fraction of sp³-hybridized carbons (Fsp3) is 0.886. The number of ketones is 1. The van der Waals surface area contributed by atoms with Crippen molar-refractivity contribution in [3.05, 3.63) is 11.1 Å². The lowest BCUT2D eigenvalue weighted by atomic mass is 9.33. The van der Waals surface area contributed by atoms with E-state index in [0.29, 0.717) is 29.5 Å². The van der Waals surface area contributed by atoms with Crippen LogP contribution in [0.5, 0.6) is 0 Å². The van der Waals surface area contributed by atoms with Crippen molar-refractivity contribution in [1.82, 2.24) is 5.32 Å². The van der Waals surface area contributed by atoms with Crippen LogP contribution in [0, 0.1) is 50.7 Å². The topological polar surface area (TPSA) is 55.4 Å². The Kier molecular flexibility index (Phi) is 6.61. The molecule has 0 heterocycles. The van der Waals surface area contributed by atoms with Gasteiger partial charge < -0.3 is 10.1 Å². The summed E-state index contributed by atoms with van der Waals surface area (Å²) >= 11 is 0. The lowest BCUT2D eigenvalue weighted by molar-refractivity contribution is -0.215. The van der Waals surface area contributed by atoms with Gasteiger partial charge in [-0.15, -0.1) is 0 Å². The summed E-state index contributed by atoms with van der Waals surface area (Å²) in [6, 6.07) is 0.139. The van der Waals surface area contributed by atoms with Gasteiger partial charge in [0.2, 0.25) is 0 Å². The van der Waals surface area contributed by atoms with Crippen molar-refractivity contribution in [2.45, 2.75) is 146 Å². The number of ether oxygens (including phenoxy) is 1. The molecule has 5 aliphatic carbocycles. The zero-order chi connectivity index (χ0) is 29.0. The number of Topliss-reactive ketones (excluding diaryl/α,β-unsaturated/α-hetero) is 1. The predicted octanol–water partition coefficient (Wildman–Crippen LogP) is 8.88. The van der Waals surface area contributed by atoms with Crippen molar-refractivity contribution in [3.8, 4) is 0 Å². The summed E-state index contributed by atoms with van der Waals surface area (Å²) in [5.41, 5.74) is 3.15. The van der Waals surface area contributed by atoms with Crippen LogP contribution in [-0.4, -0.2) is 23.5 Å². The fourth-order valence-electron chi connectivity index (χ4n) is 11.6. The molecule has 1 amide bonds. The van der Waals surface area contributed by atoms with Crippen molar-refractivity contribution in [2.24, 2.45) is 50.7 Å². The first-order chi connectivity index (χ1) is 17.8. The van der Waals surface area contributed by atoms with Crippen molar-refractivity contribution in [3.63, 3.8) is 0 Å². The van der Waals surface area contributed by atoms with Gasteiger partial charge in [-0.3, -0.25) is 4.79 Å². The van der Waals surface area contributed by atoms with Crippen LogP contribution in [0.2, 0.25) is 0 Å². The second-order valence-corrected chi connectivity index (χ2v) is 17.3. The standard InChI is InChI=1S/C35H57NO3/c1-21(2)27-23(37)20-32(8)18-19-34(10)22(28(27)32)12-13-25-33(9)16-15-26(36-29(38)39-30(3,4)5)31(6,7)24(33)14-17-35(25,34)11/h21-22,24-26H,12-20H2,1-11H3,(H,36,38)/t22-,24+,25-,26?,32+,33+,34-,35-/m1/s1. The minimum absolute atomic E-state index is 0.0132. The number of amides is 1. The first-order valence-electron chi connectivity index (χ1n) is 16.1. The Morgan fingerprint density at radius 3 is 2.15 bits per heavy atom. The second-order valence-electron chi connectivity index (χ2n) is 17.3. The molecular weight excluding hydrogens is 482 g/mol. The third-order valence-corrected chi connectivity index (χ3v) is 13.5. The van der Waals surface area contributed by atoms with Gasteiger partial charge in [-0.05, 0) is 128 Å². The molecule has 0 aliphatic heterocycles. The quantitative estimate of drug-likeness (QED) is 0.381. The number of alkyl carbamates (subject to hydrolysis) is 1. The molecule has 0 aromatic carbocycles. The van der Waals surface area contributed by atoms with E-state index in [-0.39, 0.29) is 39.2 Å². The minimum Gasteiger partial charge on any atom is -0.444 e. The molecule has 5 aliphatic rings. The van der Waals surface area contributed by atoms with Gasteiger partial charge in [0.25, 0.3) is 0 Å². The molecule has 0 aromatic heterocycles. The highest BCUT2D eigenvalue weighted by molar-refractivity contribution is 6.00. The van der Waals surface area contributed by atoms with Crippen molar-refractivity contribution >= 4 is 11.9 Å². The summed E-state index contributed by atoms with van der Waals surface area (Å²) in [5, 5.41) is 3.30. The highest BCUT2D eigenvalue weighted by Gasteiger charge is 2.69. The van der Waals surface area contributed by atoms with E-state index < -0.39 is 5.60 Å². The molecule has 0 aromatic rings. The van der Waals surface area contributed by atoms with Crippen LogP contribution in [0.4, 0.5) is 4.79 Å². The Labute approximate surface area is 238 Å². The molecule has 8 atom stereocenters. The number of allylic oxidation sites excluding steroid dienone is 2. The molecule has 0 saturated heterocycles. The van der Waals surface area contributed by atoms with Crippen molar-refractivity contribution in [2.75, 3.05) is 0 Å². The average molecular weight is 540 g/mol. The van der Waals surface area contributed by atoms with E-state index >= 15 is 0 Å². The SMILES string of the molecule is CC(C)C1=C2[C@H]3CC[C@@H]4[C@@]5(C)CCC(NC(=O)OC(C)(C)C)C(C)(C)[C@@H]5CC[C@@]4(C)[C@]3(C)CC[C@@]2(C)CC1=O. The van der Waals surface area contributed by atoms with Gasteiger partial charge in [-0.25, -0.2) is 4.79 Å². The van der Waals surface area contributed by atoms with E-state index in [1.807, 2.05) is 20.8 Å². The van der Waals surface area contributed by atoms with E-state index in [0.717, 1.165) is 19.3 Å². The van der Waals surface area contributed by atoms with Crippen LogP contribution in [0.3, 0.4) is 0 Å². The van der Waals surface area contributed by atoms with Gasteiger partial charge in [0, 0.05) is 12.5 Å². The normalized spacial score (nSPS) is 45.3. The number of hydrogen-bond donors (Lipinski definition) is 1. The van der Waals surface area contributed by atoms with Gasteiger partial charge >= 0.3 is 6.09 Å². The number of carbonyl (C=O) groups is 2. The molecule has 1 unspecified atom stereocenters. The van der Waals surface area contributed by atoms with Crippen molar-refractivity contribution < 1.29 is 14.3 Å². The molecule has 5 rings (SSSR count). The van der Waals surface area contributed by atoms with Gasteiger partial charge in [0.05, 0.1) is 0 Å². The third kappa shape index (κ3) is 4.10. The van der Waals surface area contributed by atoms with Crippen LogP contribution >= 0.6 is 0 Å². The molecule has 1 N–H and O–H groups in total. The highest BCUT2D eigenvalue weighted by Crippen LogP contribution is 2.76. The summed E-state index contributed by atoms with van der Waals surface area (Å²) in [6.45, 7) is 25.4. The minimum atomic E-state index is -0.483. The van der Waals surface area contributed by atoms with Gasteiger partial charge in [-0.1, -0.05) is 61.0 Å². The molecule has 4 heteroatoms. The van der Waals surface area contributed by atoms with Gasteiger partial charge in [-0.2, -0.15) is 0 Å². The smallest absolute Gasteiger partial charge is 0.407 e. The van der Waals surface area contributed by atoms with Crippen molar-refractivity contribution in [1.29, 1.82) is 0 Å². The highest BCUT2D eigenvalue weighted by atomic mass is 16.6. The second kappa shape index (κ2) is 8.84. The Morgan fingerprint density at radius 1 is 0.872 bits per heavy atom. The molecule has 39 heavy (non-hydrogen) atoms. The zero-order valence-electron chi connectivity index (χ0n) is 27.0. The summed E-state index contributed by atoms with van der Waals surface area (Å²) in [4.78, 5) is 26.1. The number of hydrogen-bond acceptors (Lipinski definition) is 3. The van der Waals surface area contributed by atoms with E-state index in [2.05, 4.69) is 60.7 Å². The van der Waals surface area contributed by atoms with Crippen LogP contribution in [0.1, 0.15) is 134 Å². The van der Waals surface area contributed by atoms with E-state index in [9.17, 15) is 9.59 Å². The molecule has 0 radical (unpaired) electrons. The summed E-state index contributed by atoms with van der Waals surface area (Å²) in [7, 11) is 0. The maximum Gasteiger partial charge on any atom is 0.407 e. The van der Waals surface area contributed by atoms with Crippen LogP contribution in [-0.2, 0) is 9.53 Å². The average Bonchev–Trinajstić information content (AvgIpc) is 3.05. The molecule has 0 spiro atoms. The summed E-state index contributed by atoms with van der Waals surface area (Å²) in [6.07, 6.45) is 10.0. The molecule has 4 nitrogen and oxygen atoms in total. The van der Waals surface area contributed by atoms with E-state index in [1.165, 1.54) is 44.1 Å². The Balaban J connectivity index is 1.46. The van der Waals surface area contributed by atoms with E-state index in [4.69, 9.17) is 4.74 Å². The number of carbonyl (C=O) groups excluding carboxylic acids is 2. The Hall–Kier alpha value is -1.32. The first kappa shape index (κ1) is 29.2. The molecule has 0 bridgehead atoms. The molecular formula is C35H57NO3. The Morgan fingerprint density at radius 2 is 1.54 bits per heavy atom. The maximum atomic E-state index is 13.3.